The molecule has 0 radical (unpaired) electrons. The molecule has 0 aliphatic carbocycles. The Bertz CT molecular complexity index is 1380. The Hall–Kier alpha value is -4.06. The number of anilines is 4. The van der Waals surface area contributed by atoms with E-state index in [-0.39, 0.29) is 23.0 Å². The second-order valence-corrected chi connectivity index (χ2v) is 7.90. The fraction of sp³-hybridized carbons (Fsp3) is 0.182. The third kappa shape index (κ3) is 5.06. The van der Waals surface area contributed by atoms with Crippen molar-refractivity contribution in [3.05, 3.63) is 69.0 Å². The SMILES string of the molecule is COc1ccccc1Nc1nc2c(c(=O)[nH]1)C(C(=O)Nc1ccc(Cl)c(C(F)(F)F)c1)CC(=O)N2. The molecule has 182 valence electrons. The van der Waals surface area contributed by atoms with Crippen LogP contribution in [-0.2, 0) is 15.8 Å². The Morgan fingerprint density at radius 3 is 2.66 bits per heavy atom. The van der Waals surface area contributed by atoms with Gasteiger partial charge in [0.25, 0.3) is 5.56 Å². The highest BCUT2D eigenvalue weighted by atomic mass is 35.5. The van der Waals surface area contributed by atoms with E-state index in [9.17, 15) is 27.6 Å². The molecule has 0 spiro atoms. The highest BCUT2D eigenvalue weighted by molar-refractivity contribution is 6.31. The normalized spacial score (nSPS) is 15.1. The van der Waals surface area contributed by atoms with E-state index in [0.717, 1.165) is 6.07 Å². The van der Waals surface area contributed by atoms with E-state index in [1.54, 1.807) is 24.3 Å². The fourth-order valence-corrected chi connectivity index (χ4v) is 3.80. The first kappa shape index (κ1) is 24.1. The third-order valence-electron chi connectivity index (χ3n) is 5.17. The summed E-state index contributed by atoms with van der Waals surface area (Å²) < 4.78 is 44.7. The van der Waals surface area contributed by atoms with Crippen LogP contribution in [0.5, 0.6) is 5.75 Å². The lowest BCUT2D eigenvalue weighted by Gasteiger charge is -2.24. The van der Waals surface area contributed by atoms with Gasteiger partial charge in [0, 0.05) is 12.1 Å². The van der Waals surface area contributed by atoms with Gasteiger partial charge in [-0.25, -0.2) is 0 Å². The van der Waals surface area contributed by atoms with Crippen LogP contribution in [0, 0.1) is 0 Å². The van der Waals surface area contributed by atoms with Gasteiger partial charge in [-0.2, -0.15) is 18.2 Å². The quantitative estimate of drug-likeness (QED) is 0.409. The van der Waals surface area contributed by atoms with Gasteiger partial charge in [0.15, 0.2) is 0 Å². The predicted molar refractivity (Wildman–Crippen MR) is 122 cm³/mol. The number of alkyl halides is 3. The van der Waals surface area contributed by atoms with Crippen LogP contribution in [-0.4, -0.2) is 28.9 Å². The van der Waals surface area contributed by atoms with Crippen molar-refractivity contribution in [3.63, 3.8) is 0 Å². The number of H-pyrrole nitrogens is 1. The molecule has 35 heavy (non-hydrogen) atoms. The van der Waals surface area contributed by atoms with Crippen LogP contribution in [0.4, 0.5) is 36.3 Å². The number of rotatable bonds is 5. The van der Waals surface area contributed by atoms with E-state index in [2.05, 4.69) is 25.9 Å². The van der Waals surface area contributed by atoms with Crippen molar-refractivity contribution in [3.8, 4) is 5.75 Å². The zero-order valence-corrected chi connectivity index (χ0v) is 18.7. The number of nitrogens with zero attached hydrogens (tertiary/aromatic N) is 1. The Kier molecular flexibility index (Phi) is 6.39. The summed E-state index contributed by atoms with van der Waals surface area (Å²) in [6, 6.07) is 9.68. The lowest BCUT2D eigenvalue weighted by atomic mass is 9.92. The number of carbonyl (C=O) groups excluding carboxylic acids is 2. The molecule has 3 aromatic rings. The summed E-state index contributed by atoms with van der Waals surface area (Å²) in [5.41, 5.74) is -1.68. The second-order valence-electron chi connectivity index (χ2n) is 7.49. The number of methoxy groups -OCH3 is 1. The van der Waals surface area contributed by atoms with E-state index in [4.69, 9.17) is 16.3 Å². The van der Waals surface area contributed by atoms with Gasteiger partial charge in [-0.1, -0.05) is 23.7 Å². The van der Waals surface area contributed by atoms with E-state index in [1.807, 2.05) is 0 Å². The van der Waals surface area contributed by atoms with Crippen molar-refractivity contribution in [2.75, 3.05) is 23.1 Å². The molecular formula is C22H17ClF3N5O4. The number of para-hydroxylation sites is 2. The number of carbonyl (C=O) groups is 2. The van der Waals surface area contributed by atoms with Crippen molar-refractivity contribution in [2.24, 2.45) is 0 Å². The average molecular weight is 508 g/mol. The summed E-state index contributed by atoms with van der Waals surface area (Å²) in [7, 11) is 1.46. The van der Waals surface area contributed by atoms with Crippen molar-refractivity contribution < 1.29 is 27.5 Å². The number of amides is 2. The molecule has 0 saturated carbocycles. The number of halogens is 4. The van der Waals surface area contributed by atoms with Crippen molar-refractivity contribution in [2.45, 2.75) is 18.5 Å². The largest absolute Gasteiger partial charge is 0.495 e. The zero-order valence-electron chi connectivity index (χ0n) is 17.9. The van der Waals surface area contributed by atoms with Crippen LogP contribution in [0.2, 0.25) is 5.02 Å². The highest BCUT2D eigenvalue weighted by Crippen LogP contribution is 2.37. The lowest BCUT2D eigenvalue weighted by Crippen LogP contribution is -2.36. The molecule has 1 atom stereocenters. The monoisotopic (exact) mass is 507 g/mol. The summed E-state index contributed by atoms with van der Waals surface area (Å²) in [6.07, 6.45) is -5.14. The summed E-state index contributed by atoms with van der Waals surface area (Å²) in [6.45, 7) is 0. The molecule has 1 aliphatic heterocycles. The maximum absolute atomic E-state index is 13.1. The van der Waals surface area contributed by atoms with Crippen LogP contribution in [0.15, 0.2) is 47.3 Å². The molecule has 1 aromatic heterocycles. The minimum absolute atomic E-state index is 0.0212. The fourth-order valence-electron chi connectivity index (χ4n) is 3.58. The minimum atomic E-state index is -4.74. The van der Waals surface area contributed by atoms with Crippen LogP contribution >= 0.6 is 11.6 Å². The summed E-state index contributed by atoms with van der Waals surface area (Å²) in [4.78, 5) is 44.7. The zero-order chi connectivity index (χ0) is 25.3. The molecule has 0 saturated heterocycles. The molecule has 2 amide bonds. The number of benzene rings is 2. The molecule has 13 heteroatoms. The molecule has 2 heterocycles. The van der Waals surface area contributed by atoms with E-state index < -0.39 is 46.5 Å². The van der Waals surface area contributed by atoms with Crippen LogP contribution < -0.4 is 26.2 Å². The Balaban J connectivity index is 1.64. The van der Waals surface area contributed by atoms with E-state index in [0.29, 0.717) is 17.5 Å². The van der Waals surface area contributed by atoms with Gasteiger partial charge in [-0.15, -0.1) is 0 Å². The number of nitrogens with one attached hydrogen (secondary N) is 4. The number of aromatic amines is 1. The molecule has 1 aliphatic rings. The Labute approximate surface area is 200 Å². The second kappa shape index (κ2) is 9.29. The molecule has 4 rings (SSSR count). The maximum Gasteiger partial charge on any atom is 0.417 e. The van der Waals surface area contributed by atoms with Gasteiger partial charge in [0.1, 0.15) is 11.6 Å². The van der Waals surface area contributed by atoms with E-state index in [1.165, 1.54) is 13.2 Å². The Morgan fingerprint density at radius 2 is 1.94 bits per heavy atom. The Morgan fingerprint density at radius 1 is 1.20 bits per heavy atom. The summed E-state index contributed by atoms with van der Waals surface area (Å²) in [5.74, 6) is -2.43. The van der Waals surface area contributed by atoms with Crippen LogP contribution in [0.3, 0.4) is 0 Å². The van der Waals surface area contributed by atoms with Gasteiger partial charge in [-0.05, 0) is 30.3 Å². The molecule has 0 fully saturated rings. The first-order valence-electron chi connectivity index (χ1n) is 10.1. The number of aromatic nitrogens is 2. The number of hydrogen-bond donors (Lipinski definition) is 4. The number of hydrogen-bond acceptors (Lipinski definition) is 6. The van der Waals surface area contributed by atoms with Crippen molar-refractivity contribution in [1.82, 2.24) is 9.97 Å². The van der Waals surface area contributed by atoms with Gasteiger partial charge in [0.2, 0.25) is 17.8 Å². The van der Waals surface area contributed by atoms with Gasteiger partial charge in [0.05, 0.1) is 34.9 Å². The standard InChI is InChI=1S/C22H17ClF3N5O4/c1-35-15-5-3-2-4-14(15)28-21-30-18-17(20(34)31-21)11(9-16(32)29-18)19(33)27-10-6-7-13(23)12(8-10)22(24,25)26/h2-8,11H,9H2,1H3,(H,27,33)(H3,28,29,30,31,32,34). The summed E-state index contributed by atoms with van der Waals surface area (Å²) in [5, 5.41) is 7.11. The molecule has 1 unspecified atom stereocenters. The van der Waals surface area contributed by atoms with Crippen molar-refractivity contribution >= 4 is 46.6 Å². The van der Waals surface area contributed by atoms with Crippen LogP contribution in [0.25, 0.3) is 0 Å². The predicted octanol–water partition coefficient (Wildman–Crippen LogP) is 4.26. The number of ether oxygens (including phenoxy) is 1. The average Bonchev–Trinajstić information content (AvgIpc) is 2.79. The molecule has 2 aromatic carbocycles. The first-order valence-corrected chi connectivity index (χ1v) is 10.5. The summed E-state index contributed by atoms with van der Waals surface area (Å²) >= 11 is 5.61. The number of fused-ring (bicyclic) bond motifs is 1. The van der Waals surface area contributed by atoms with Gasteiger partial charge >= 0.3 is 6.18 Å². The first-order chi connectivity index (χ1) is 16.6. The lowest BCUT2D eigenvalue weighted by molar-refractivity contribution is -0.137. The third-order valence-corrected chi connectivity index (χ3v) is 5.50. The minimum Gasteiger partial charge on any atom is -0.495 e. The maximum atomic E-state index is 13.1. The molecule has 9 nitrogen and oxygen atoms in total. The topological polar surface area (TPSA) is 125 Å². The van der Waals surface area contributed by atoms with E-state index >= 15 is 0 Å². The molecular weight excluding hydrogens is 491 g/mol. The molecule has 0 bridgehead atoms. The van der Waals surface area contributed by atoms with Gasteiger partial charge in [-0.3, -0.25) is 19.4 Å². The van der Waals surface area contributed by atoms with Gasteiger partial charge < -0.3 is 20.7 Å². The highest BCUT2D eigenvalue weighted by Gasteiger charge is 2.36. The molecule has 4 N–H and O–H groups in total. The van der Waals surface area contributed by atoms with Crippen molar-refractivity contribution in [1.29, 1.82) is 0 Å². The smallest absolute Gasteiger partial charge is 0.417 e. The van der Waals surface area contributed by atoms with Crippen LogP contribution in [0.1, 0.15) is 23.5 Å².